The van der Waals surface area contributed by atoms with Crippen LogP contribution in [0.1, 0.15) is 35.9 Å². The average Bonchev–Trinajstić information content (AvgIpc) is 3.21. The maximum atomic E-state index is 12.6. The Morgan fingerprint density at radius 3 is 2.81 bits per heavy atom. The Bertz CT molecular complexity index is 951. The number of rotatable bonds is 6. The van der Waals surface area contributed by atoms with E-state index in [9.17, 15) is 18.0 Å². The number of benzene rings is 1. The van der Waals surface area contributed by atoms with E-state index < -0.39 is 22.0 Å². The number of carbonyl (C=O) groups excluding carboxylic acids is 1. The number of carboxylic acids is 1. The average molecular weight is 396 g/mol. The molecule has 2 aromatic rings. The largest absolute Gasteiger partial charge is 0.477 e. The number of thiophene rings is 1. The highest BCUT2D eigenvalue weighted by Gasteiger charge is 2.38. The topological polar surface area (TPSA) is 104 Å². The van der Waals surface area contributed by atoms with E-state index in [1.165, 1.54) is 15.6 Å². The van der Waals surface area contributed by atoms with Crippen LogP contribution in [0, 0.1) is 0 Å². The molecule has 2 N–H and O–H groups in total. The third-order valence-corrected chi connectivity index (χ3v) is 7.50. The maximum Gasteiger partial charge on any atom is 0.345 e. The molecule has 0 aliphatic carbocycles. The van der Waals surface area contributed by atoms with Gasteiger partial charge in [0.15, 0.2) is 0 Å². The molecule has 1 atom stereocenters. The number of hydrogen-bond acceptors (Lipinski definition) is 5. The number of sulfonamides is 1. The molecule has 1 amide bonds. The van der Waals surface area contributed by atoms with Crippen molar-refractivity contribution in [3.63, 3.8) is 0 Å². The van der Waals surface area contributed by atoms with Gasteiger partial charge in [0.25, 0.3) is 0 Å². The van der Waals surface area contributed by atoms with Crippen LogP contribution in [0.15, 0.2) is 24.3 Å². The van der Waals surface area contributed by atoms with Gasteiger partial charge in [0, 0.05) is 16.9 Å². The fourth-order valence-corrected chi connectivity index (χ4v) is 5.79. The van der Waals surface area contributed by atoms with E-state index in [0.717, 1.165) is 10.1 Å². The third kappa shape index (κ3) is 3.74. The lowest BCUT2D eigenvalue weighted by molar-refractivity contribution is -0.119. The molecular formula is C17H20N2O5S2. The van der Waals surface area contributed by atoms with Gasteiger partial charge in [-0.2, -0.15) is 4.31 Å². The first-order valence-electron chi connectivity index (χ1n) is 8.39. The van der Waals surface area contributed by atoms with Gasteiger partial charge in [-0.1, -0.05) is 6.92 Å². The number of nitrogens with zero attached hydrogens (tertiary/aromatic N) is 1. The molecule has 2 heterocycles. The summed E-state index contributed by atoms with van der Waals surface area (Å²) in [6, 6.07) is 6.02. The molecule has 9 heteroatoms. The lowest BCUT2D eigenvalue weighted by Gasteiger charge is -2.23. The number of amides is 1. The second-order valence-corrected chi connectivity index (χ2v) is 9.37. The number of anilines is 1. The van der Waals surface area contributed by atoms with E-state index in [2.05, 4.69) is 5.32 Å². The fraction of sp³-hybridized carbons (Fsp3) is 0.412. The highest BCUT2D eigenvalue weighted by molar-refractivity contribution is 7.89. The predicted octanol–water partition coefficient (Wildman–Crippen LogP) is 2.74. The predicted molar refractivity (Wildman–Crippen MR) is 101 cm³/mol. The minimum absolute atomic E-state index is 0.0373. The SMILES string of the molecule is CCCS(=O)(=O)N1CCCC1C(=O)Nc1ccc2sc(C(=O)O)cc2c1. The van der Waals surface area contributed by atoms with Crippen molar-refractivity contribution < 1.29 is 23.1 Å². The Labute approximate surface area is 155 Å². The van der Waals surface area contributed by atoms with Gasteiger partial charge in [-0.25, -0.2) is 13.2 Å². The molecule has 26 heavy (non-hydrogen) atoms. The monoisotopic (exact) mass is 396 g/mol. The number of fused-ring (bicyclic) bond motifs is 1. The summed E-state index contributed by atoms with van der Waals surface area (Å²) in [6.45, 7) is 2.16. The second-order valence-electron chi connectivity index (χ2n) is 6.24. The van der Waals surface area contributed by atoms with Gasteiger partial charge in [-0.05, 0) is 48.9 Å². The van der Waals surface area contributed by atoms with Crippen LogP contribution in [-0.4, -0.2) is 48.0 Å². The van der Waals surface area contributed by atoms with Crippen LogP contribution in [0.5, 0.6) is 0 Å². The van der Waals surface area contributed by atoms with Crippen LogP contribution in [0.25, 0.3) is 10.1 Å². The highest BCUT2D eigenvalue weighted by atomic mass is 32.2. The Kier molecular flexibility index (Phi) is 5.31. The van der Waals surface area contributed by atoms with Gasteiger partial charge < -0.3 is 10.4 Å². The van der Waals surface area contributed by atoms with Crippen molar-refractivity contribution in [2.75, 3.05) is 17.6 Å². The zero-order valence-electron chi connectivity index (χ0n) is 14.3. The molecule has 7 nitrogen and oxygen atoms in total. The second kappa shape index (κ2) is 7.34. The van der Waals surface area contributed by atoms with Crippen molar-refractivity contribution in [1.82, 2.24) is 4.31 Å². The number of aromatic carboxylic acids is 1. The Morgan fingerprint density at radius 1 is 1.35 bits per heavy atom. The van der Waals surface area contributed by atoms with E-state index in [1.54, 1.807) is 31.2 Å². The number of nitrogens with one attached hydrogen (secondary N) is 1. The Morgan fingerprint density at radius 2 is 2.12 bits per heavy atom. The molecule has 0 bridgehead atoms. The summed E-state index contributed by atoms with van der Waals surface area (Å²) < 4.78 is 26.8. The van der Waals surface area contributed by atoms with Crippen LogP contribution in [0.4, 0.5) is 5.69 Å². The lowest BCUT2D eigenvalue weighted by Crippen LogP contribution is -2.44. The quantitative estimate of drug-likeness (QED) is 0.781. The first kappa shape index (κ1) is 18.8. The molecule has 1 fully saturated rings. The molecule has 0 spiro atoms. The molecule has 1 aliphatic rings. The van der Waals surface area contributed by atoms with Crippen LogP contribution < -0.4 is 5.32 Å². The van der Waals surface area contributed by atoms with Gasteiger partial charge in [0.1, 0.15) is 10.9 Å². The third-order valence-electron chi connectivity index (χ3n) is 4.32. The summed E-state index contributed by atoms with van der Waals surface area (Å²) in [6.07, 6.45) is 1.67. The fourth-order valence-electron chi connectivity index (χ4n) is 3.16. The van der Waals surface area contributed by atoms with E-state index in [0.29, 0.717) is 31.5 Å². The van der Waals surface area contributed by atoms with E-state index in [-0.39, 0.29) is 16.5 Å². The lowest BCUT2D eigenvalue weighted by atomic mass is 10.2. The van der Waals surface area contributed by atoms with Gasteiger partial charge in [0.2, 0.25) is 15.9 Å². The van der Waals surface area contributed by atoms with Crippen molar-refractivity contribution in [3.8, 4) is 0 Å². The summed E-state index contributed by atoms with van der Waals surface area (Å²) >= 11 is 1.17. The van der Waals surface area contributed by atoms with E-state index >= 15 is 0 Å². The number of hydrogen-bond donors (Lipinski definition) is 2. The zero-order valence-corrected chi connectivity index (χ0v) is 15.9. The first-order valence-corrected chi connectivity index (χ1v) is 10.8. The molecule has 1 aromatic carbocycles. The molecule has 3 rings (SSSR count). The molecular weight excluding hydrogens is 376 g/mol. The van der Waals surface area contributed by atoms with Gasteiger partial charge in [-0.3, -0.25) is 4.79 Å². The molecule has 0 radical (unpaired) electrons. The zero-order chi connectivity index (χ0) is 18.9. The van der Waals surface area contributed by atoms with Crippen molar-refractivity contribution in [1.29, 1.82) is 0 Å². The van der Waals surface area contributed by atoms with Gasteiger partial charge in [0.05, 0.1) is 5.75 Å². The summed E-state index contributed by atoms with van der Waals surface area (Å²) in [4.78, 5) is 23.9. The van der Waals surface area contributed by atoms with Crippen molar-refractivity contribution >= 4 is 49.0 Å². The molecule has 1 saturated heterocycles. The smallest absolute Gasteiger partial charge is 0.345 e. The number of carbonyl (C=O) groups is 2. The summed E-state index contributed by atoms with van der Waals surface area (Å²) in [5.41, 5.74) is 0.525. The van der Waals surface area contributed by atoms with Crippen LogP contribution in [0.2, 0.25) is 0 Å². The summed E-state index contributed by atoms with van der Waals surface area (Å²) in [5.74, 6) is -1.30. The highest BCUT2D eigenvalue weighted by Crippen LogP contribution is 2.29. The maximum absolute atomic E-state index is 12.6. The molecule has 140 valence electrons. The standard InChI is InChI=1S/C17H20N2O5S2/c1-2-8-26(23,24)19-7-3-4-13(19)16(20)18-12-5-6-14-11(9-12)10-15(25-14)17(21)22/h5-6,9-10,13H,2-4,7-8H2,1H3,(H,18,20)(H,21,22). The van der Waals surface area contributed by atoms with Crippen LogP contribution >= 0.6 is 11.3 Å². The summed E-state index contributed by atoms with van der Waals surface area (Å²) in [5, 5.41) is 12.6. The first-order chi connectivity index (χ1) is 12.3. The summed E-state index contributed by atoms with van der Waals surface area (Å²) in [7, 11) is -3.43. The van der Waals surface area contributed by atoms with E-state index in [1.807, 2.05) is 0 Å². The van der Waals surface area contributed by atoms with Crippen molar-refractivity contribution in [3.05, 3.63) is 29.1 Å². The number of carboxylic acid groups (broad SMARTS) is 1. The normalized spacial score (nSPS) is 18.3. The van der Waals surface area contributed by atoms with Crippen molar-refractivity contribution in [2.24, 2.45) is 0 Å². The van der Waals surface area contributed by atoms with Crippen LogP contribution in [-0.2, 0) is 14.8 Å². The molecule has 1 aliphatic heterocycles. The van der Waals surface area contributed by atoms with Gasteiger partial charge in [-0.15, -0.1) is 11.3 Å². The minimum atomic E-state index is -3.43. The molecule has 1 unspecified atom stereocenters. The van der Waals surface area contributed by atoms with Crippen LogP contribution in [0.3, 0.4) is 0 Å². The Hall–Kier alpha value is -1.97. The molecule has 0 saturated carbocycles. The van der Waals surface area contributed by atoms with E-state index in [4.69, 9.17) is 5.11 Å². The van der Waals surface area contributed by atoms with Gasteiger partial charge >= 0.3 is 5.97 Å². The Balaban J connectivity index is 1.78. The minimum Gasteiger partial charge on any atom is -0.477 e. The molecule has 1 aromatic heterocycles. The van der Waals surface area contributed by atoms with Crippen molar-refractivity contribution in [2.45, 2.75) is 32.2 Å².